The quantitative estimate of drug-likeness (QED) is 0.683. The Hall–Kier alpha value is -0.670. The third-order valence-corrected chi connectivity index (χ3v) is 7.00. The molecule has 0 amide bonds. The van der Waals surface area contributed by atoms with Gasteiger partial charge in [-0.1, -0.05) is 11.6 Å². The average molecular weight is 452 g/mol. The van der Waals surface area contributed by atoms with Crippen molar-refractivity contribution >= 4 is 48.6 Å². The highest BCUT2D eigenvalue weighted by Gasteiger charge is 2.23. The van der Waals surface area contributed by atoms with Gasteiger partial charge in [-0.15, -0.1) is 0 Å². The molecule has 1 aliphatic heterocycles. The fourth-order valence-corrected chi connectivity index (χ4v) is 3.92. The number of halogens is 2. The molecule has 0 saturated carbocycles. The number of hydrogen-bond donors (Lipinski definition) is 1. The summed E-state index contributed by atoms with van der Waals surface area (Å²) in [4.78, 5) is 0. The molecule has 0 aliphatic carbocycles. The summed E-state index contributed by atoms with van der Waals surface area (Å²) in [5, 5.41) is 5.34. The molecule has 0 spiro atoms. The minimum atomic E-state index is -4.04. The van der Waals surface area contributed by atoms with Crippen LogP contribution >= 0.6 is 27.5 Å². The van der Waals surface area contributed by atoms with Gasteiger partial charge in [0, 0.05) is 16.5 Å². The lowest BCUT2D eigenvalue weighted by molar-refractivity contribution is -0.0368. The van der Waals surface area contributed by atoms with E-state index < -0.39 is 15.4 Å². The summed E-state index contributed by atoms with van der Waals surface area (Å²) >= 11 is 9.69. The van der Waals surface area contributed by atoms with Gasteiger partial charge in [0.15, 0.2) is 6.23 Å². The molecule has 1 aromatic heterocycles. The molecular weight excluding hydrogens is 432 g/mol. The number of hydrogen-bond acceptors (Lipinski definition) is 4. The lowest BCUT2D eigenvalue weighted by atomic mass is 10.1. The van der Waals surface area contributed by atoms with Gasteiger partial charge in [0.1, 0.15) is 0 Å². The first-order valence-electron chi connectivity index (χ1n) is 8.21. The van der Waals surface area contributed by atoms with E-state index in [4.69, 9.17) is 20.9 Å². The van der Waals surface area contributed by atoms with Crippen LogP contribution in [0, 0.1) is 0 Å². The van der Waals surface area contributed by atoms with E-state index in [1.54, 1.807) is 0 Å². The molecule has 138 valence electrons. The Morgan fingerprint density at radius 2 is 2.24 bits per heavy atom. The highest BCUT2D eigenvalue weighted by atomic mass is 79.9. The first kappa shape index (κ1) is 19.1. The maximum absolute atomic E-state index is 11.3. The Morgan fingerprint density at radius 1 is 1.48 bits per heavy atom. The van der Waals surface area contributed by atoms with Crippen molar-refractivity contribution in [2.75, 3.05) is 6.61 Å². The Bertz CT molecular complexity index is 878. The smallest absolute Gasteiger partial charge is 0.267 e. The van der Waals surface area contributed by atoms with Crippen LogP contribution in [0.2, 0.25) is 5.02 Å². The number of rotatable bonds is 5. The Labute approximate surface area is 160 Å². The molecule has 1 aliphatic rings. The molecule has 6 nitrogen and oxygen atoms in total. The highest BCUT2D eigenvalue weighted by molar-refractivity contribution is 9.10. The first-order chi connectivity index (χ1) is 11.8. The summed E-state index contributed by atoms with van der Waals surface area (Å²) in [5.41, 5.74) is 1.65. The molecule has 0 bridgehead atoms. The van der Waals surface area contributed by atoms with Gasteiger partial charge in [-0.25, -0.2) is 4.68 Å². The van der Waals surface area contributed by atoms with Crippen LogP contribution in [0.5, 0.6) is 0 Å². The topological polar surface area (TPSA) is 81.4 Å². The van der Waals surface area contributed by atoms with Crippen LogP contribution in [0.1, 0.15) is 44.5 Å². The van der Waals surface area contributed by atoms with Crippen molar-refractivity contribution < 1.29 is 17.7 Å². The zero-order chi connectivity index (χ0) is 18.2. The van der Waals surface area contributed by atoms with Crippen molar-refractivity contribution in [3.63, 3.8) is 0 Å². The summed E-state index contributed by atoms with van der Waals surface area (Å²) in [6, 6.07) is 3.75. The van der Waals surface area contributed by atoms with Gasteiger partial charge >= 0.3 is 0 Å². The van der Waals surface area contributed by atoms with Gasteiger partial charge in [0.2, 0.25) is 0 Å². The zero-order valence-corrected chi connectivity index (χ0v) is 16.9. The number of benzene rings is 1. The maximum Gasteiger partial charge on any atom is 0.267 e. The fraction of sp³-hybridized carbons (Fsp3) is 0.562. The van der Waals surface area contributed by atoms with Gasteiger partial charge in [-0.2, -0.15) is 13.5 Å². The largest absolute Gasteiger partial charge is 0.356 e. The highest BCUT2D eigenvalue weighted by Crippen LogP contribution is 2.34. The van der Waals surface area contributed by atoms with Crippen molar-refractivity contribution in [2.45, 2.75) is 50.5 Å². The number of aromatic nitrogens is 2. The van der Waals surface area contributed by atoms with E-state index in [2.05, 4.69) is 21.0 Å². The number of nitrogens with zero attached hydrogens (tertiary/aromatic N) is 2. The van der Waals surface area contributed by atoms with Crippen molar-refractivity contribution in [3.8, 4) is 0 Å². The van der Waals surface area contributed by atoms with E-state index in [0.29, 0.717) is 18.1 Å². The van der Waals surface area contributed by atoms with E-state index in [0.717, 1.165) is 40.3 Å². The van der Waals surface area contributed by atoms with Crippen molar-refractivity contribution in [2.24, 2.45) is 0 Å². The third-order valence-electron chi connectivity index (χ3n) is 4.55. The van der Waals surface area contributed by atoms with E-state index >= 15 is 0 Å². The molecule has 3 rings (SSSR count). The summed E-state index contributed by atoms with van der Waals surface area (Å²) < 4.78 is 40.1. The number of ether oxygens (including phenoxy) is 1. The SMILES string of the molecule is CC(CCc1nn(C2CCCCO2)c2cc(Cl)c(Br)cc12)S(=O)(=O)O. The van der Waals surface area contributed by atoms with E-state index in [9.17, 15) is 8.42 Å². The van der Waals surface area contributed by atoms with Crippen molar-refractivity contribution in [1.82, 2.24) is 9.78 Å². The molecule has 25 heavy (non-hydrogen) atoms. The molecule has 0 radical (unpaired) electrons. The Kier molecular flexibility index (Phi) is 5.75. The molecule has 1 N–H and O–H groups in total. The second-order valence-electron chi connectivity index (χ2n) is 6.36. The van der Waals surface area contributed by atoms with E-state index in [-0.39, 0.29) is 12.6 Å². The van der Waals surface area contributed by atoms with Gasteiger partial charge in [-0.05, 0) is 67.1 Å². The van der Waals surface area contributed by atoms with Crippen molar-refractivity contribution in [3.05, 3.63) is 27.3 Å². The van der Waals surface area contributed by atoms with E-state index in [1.807, 2.05) is 16.8 Å². The van der Waals surface area contributed by atoms with Crippen LogP contribution < -0.4 is 0 Å². The first-order valence-corrected chi connectivity index (χ1v) is 10.9. The Balaban J connectivity index is 1.98. The lowest BCUT2D eigenvalue weighted by Gasteiger charge is -2.23. The predicted octanol–water partition coefficient (Wildman–Crippen LogP) is 4.36. The number of fused-ring (bicyclic) bond motifs is 1. The van der Waals surface area contributed by atoms with E-state index in [1.165, 1.54) is 6.92 Å². The minimum absolute atomic E-state index is 0.138. The monoisotopic (exact) mass is 450 g/mol. The second kappa shape index (κ2) is 7.52. The molecule has 1 fully saturated rings. The summed E-state index contributed by atoms with van der Waals surface area (Å²) in [5.74, 6) is 0. The average Bonchev–Trinajstić information content (AvgIpc) is 2.90. The van der Waals surface area contributed by atoms with Crippen LogP contribution in [-0.2, 0) is 21.3 Å². The normalized spacial score (nSPS) is 20.1. The van der Waals surface area contributed by atoms with Crippen LogP contribution in [-0.4, -0.2) is 34.6 Å². The predicted molar refractivity (Wildman–Crippen MR) is 101 cm³/mol. The summed E-state index contributed by atoms with van der Waals surface area (Å²) in [6.07, 6.45) is 3.58. The molecule has 9 heteroatoms. The molecule has 2 heterocycles. The zero-order valence-electron chi connectivity index (χ0n) is 13.8. The van der Waals surface area contributed by atoms with Crippen LogP contribution in [0.15, 0.2) is 16.6 Å². The van der Waals surface area contributed by atoms with Crippen molar-refractivity contribution in [1.29, 1.82) is 0 Å². The molecule has 1 aromatic carbocycles. The molecule has 2 aromatic rings. The molecule has 1 saturated heterocycles. The van der Waals surface area contributed by atoms with Crippen LogP contribution in [0.4, 0.5) is 0 Å². The maximum atomic E-state index is 11.3. The third kappa shape index (κ3) is 4.19. The molecule has 2 atom stereocenters. The Morgan fingerprint density at radius 3 is 2.88 bits per heavy atom. The molecule has 2 unspecified atom stereocenters. The number of aryl methyl sites for hydroxylation is 1. The summed E-state index contributed by atoms with van der Waals surface area (Å²) in [6.45, 7) is 2.19. The lowest BCUT2D eigenvalue weighted by Crippen LogP contribution is -2.19. The van der Waals surface area contributed by atoms with Gasteiger partial charge in [-0.3, -0.25) is 4.55 Å². The van der Waals surface area contributed by atoms with Crippen LogP contribution in [0.25, 0.3) is 10.9 Å². The van der Waals surface area contributed by atoms with Gasteiger partial charge in [0.05, 0.1) is 21.5 Å². The fourth-order valence-electron chi connectivity index (χ4n) is 3.00. The minimum Gasteiger partial charge on any atom is -0.356 e. The standard InChI is InChI=1S/C16H20BrClN2O4S/c1-10(25(21,22)23)5-6-14-11-8-12(17)13(18)9-15(11)20(19-14)16-4-2-3-7-24-16/h8-10,16H,2-7H2,1H3,(H,21,22,23). The van der Waals surface area contributed by atoms with Crippen LogP contribution in [0.3, 0.4) is 0 Å². The van der Waals surface area contributed by atoms with Gasteiger partial charge < -0.3 is 4.74 Å². The second-order valence-corrected chi connectivity index (χ2v) is 9.46. The summed E-state index contributed by atoms with van der Waals surface area (Å²) in [7, 11) is -4.04. The molecular formula is C16H20BrClN2O4S. The van der Waals surface area contributed by atoms with Gasteiger partial charge in [0.25, 0.3) is 10.1 Å².